The van der Waals surface area contributed by atoms with Gasteiger partial charge in [-0.2, -0.15) is 0 Å². The van der Waals surface area contributed by atoms with E-state index in [2.05, 4.69) is 16.5 Å². The summed E-state index contributed by atoms with van der Waals surface area (Å²) in [5.74, 6) is 0.576. The zero-order chi connectivity index (χ0) is 20.3. The second-order valence-electron chi connectivity index (χ2n) is 6.07. The average Bonchev–Trinajstić information content (AvgIpc) is 2.65. The van der Waals surface area contributed by atoms with Gasteiger partial charge in [-0.05, 0) is 19.9 Å². The average molecular weight is 435 g/mol. The van der Waals surface area contributed by atoms with Crippen LogP contribution in [0.4, 0.5) is 5.69 Å². The smallest absolute Gasteiger partial charge is 0.146 e. The maximum atomic E-state index is 6.31. The third-order valence-corrected chi connectivity index (χ3v) is 4.89. The second kappa shape index (κ2) is 8.82. The Morgan fingerprint density at radius 1 is 1.21 bits per heavy atom. The van der Waals surface area contributed by atoms with Crippen molar-refractivity contribution in [2.45, 2.75) is 20.5 Å². The molecule has 0 spiro atoms. The van der Waals surface area contributed by atoms with Crippen molar-refractivity contribution in [3.05, 3.63) is 82.0 Å². The number of pyridine rings is 2. The van der Waals surface area contributed by atoms with Crippen LogP contribution in [0.25, 0.3) is 10.9 Å². The maximum Gasteiger partial charge on any atom is 0.146 e. The summed E-state index contributed by atoms with van der Waals surface area (Å²) in [4.78, 5) is 10.4. The zero-order valence-electron chi connectivity index (χ0n) is 15.4. The van der Waals surface area contributed by atoms with Crippen LogP contribution in [0.5, 0.6) is 5.75 Å². The molecule has 2 heterocycles. The lowest BCUT2D eigenvalue weighted by Crippen LogP contribution is -2.13. The van der Waals surface area contributed by atoms with Crippen molar-refractivity contribution in [2.24, 2.45) is 0 Å². The van der Waals surface area contributed by atoms with Crippen molar-refractivity contribution in [1.29, 1.82) is 0 Å². The van der Waals surface area contributed by atoms with E-state index in [1.807, 2.05) is 49.2 Å². The molecule has 0 amide bonds. The van der Waals surface area contributed by atoms with Gasteiger partial charge in [0, 0.05) is 41.3 Å². The van der Waals surface area contributed by atoms with Gasteiger partial charge in [-0.1, -0.05) is 59.6 Å². The number of aromatic nitrogens is 2. The molecule has 4 nitrogen and oxygen atoms in total. The van der Waals surface area contributed by atoms with Crippen LogP contribution in [0.15, 0.2) is 61.2 Å². The maximum absolute atomic E-state index is 6.31. The summed E-state index contributed by atoms with van der Waals surface area (Å²) >= 11 is 18.7. The number of nitrogens with zero attached hydrogens (tertiary/aromatic N) is 3. The largest absolute Gasteiger partial charge is 0.487 e. The zero-order valence-corrected chi connectivity index (χ0v) is 17.7. The number of hydrogen-bond donors (Lipinski definition) is 0. The van der Waals surface area contributed by atoms with Crippen LogP contribution < -0.4 is 9.64 Å². The molecule has 3 aromatic rings. The van der Waals surface area contributed by atoms with E-state index in [4.69, 9.17) is 39.5 Å². The molecule has 0 fully saturated rings. The SMILES string of the molecule is C=C(C)N(/C=C\C)c1cc(Cl)nc2c(OCc3c(Cl)cncc3Cl)cccc12. The highest BCUT2D eigenvalue weighted by Crippen LogP contribution is 2.36. The van der Waals surface area contributed by atoms with Crippen molar-refractivity contribution in [2.75, 3.05) is 4.90 Å². The molecule has 0 radical (unpaired) electrons. The summed E-state index contributed by atoms with van der Waals surface area (Å²) in [6.07, 6.45) is 6.93. The Morgan fingerprint density at radius 3 is 2.57 bits per heavy atom. The summed E-state index contributed by atoms with van der Waals surface area (Å²) in [7, 11) is 0. The normalized spacial score (nSPS) is 11.2. The predicted molar refractivity (Wildman–Crippen MR) is 117 cm³/mol. The van der Waals surface area contributed by atoms with Gasteiger partial charge in [0.2, 0.25) is 0 Å². The lowest BCUT2D eigenvalue weighted by Gasteiger charge is -2.23. The van der Waals surface area contributed by atoms with Gasteiger partial charge < -0.3 is 9.64 Å². The molecule has 0 unspecified atom stereocenters. The fourth-order valence-electron chi connectivity index (χ4n) is 2.78. The van der Waals surface area contributed by atoms with E-state index in [0.717, 1.165) is 16.8 Å². The topological polar surface area (TPSA) is 38.2 Å². The number of anilines is 1. The first-order valence-corrected chi connectivity index (χ1v) is 9.63. The number of hydrogen-bond acceptors (Lipinski definition) is 4. The highest BCUT2D eigenvalue weighted by molar-refractivity contribution is 6.35. The fourth-order valence-corrected chi connectivity index (χ4v) is 3.44. The molecule has 0 bridgehead atoms. The van der Waals surface area contributed by atoms with Crippen molar-refractivity contribution < 1.29 is 4.74 Å². The number of rotatable bonds is 6. The van der Waals surface area contributed by atoms with Gasteiger partial charge in [0.25, 0.3) is 0 Å². The van der Waals surface area contributed by atoms with Crippen molar-refractivity contribution in [1.82, 2.24) is 9.97 Å². The van der Waals surface area contributed by atoms with Gasteiger partial charge in [0.15, 0.2) is 0 Å². The lowest BCUT2D eigenvalue weighted by atomic mass is 10.1. The Hall–Kier alpha value is -2.27. The quantitative estimate of drug-likeness (QED) is 0.390. The van der Waals surface area contributed by atoms with Gasteiger partial charge in [-0.25, -0.2) is 4.98 Å². The van der Waals surface area contributed by atoms with E-state index in [0.29, 0.717) is 32.0 Å². The predicted octanol–water partition coefficient (Wildman–Crippen LogP) is 7.04. The molecule has 144 valence electrons. The molecule has 28 heavy (non-hydrogen) atoms. The van der Waals surface area contributed by atoms with Crippen LogP contribution in [0, 0.1) is 0 Å². The molecule has 0 saturated carbocycles. The molecule has 1 aromatic carbocycles. The molecule has 0 atom stereocenters. The first-order valence-electron chi connectivity index (χ1n) is 8.50. The molecule has 2 aromatic heterocycles. The number of benzene rings is 1. The van der Waals surface area contributed by atoms with Crippen molar-refractivity contribution in [3.63, 3.8) is 0 Å². The van der Waals surface area contributed by atoms with Gasteiger partial charge in [-0.3, -0.25) is 4.98 Å². The first-order chi connectivity index (χ1) is 13.4. The van der Waals surface area contributed by atoms with Crippen LogP contribution in [-0.2, 0) is 6.61 Å². The lowest BCUT2D eigenvalue weighted by molar-refractivity contribution is 0.309. The molecule has 0 aliphatic heterocycles. The van der Waals surface area contributed by atoms with E-state index in [1.165, 1.54) is 12.4 Å². The van der Waals surface area contributed by atoms with E-state index in [-0.39, 0.29) is 6.61 Å². The Morgan fingerprint density at radius 2 is 1.93 bits per heavy atom. The minimum Gasteiger partial charge on any atom is -0.487 e. The number of fused-ring (bicyclic) bond motifs is 1. The molecule has 0 aliphatic carbocycles. The number of ether oxygens (including phenoxy) is 1. The summed E-state index contributed by atoms with van der Waals surface area (Å²) in [5, 5.41) is 2.13. The standard InChI is InChI=1S/C21H18Cl3N3O/c1-4-8-27(13(2)3)18-9-20(24)26-21-14(18)6-5-7-19(21)28-12-15-16(22)10-25-11-17(15)23/h4-11H,2,12H2,1,3H3/b8-4-. The van der Waals surface area contributed by atoms with Gasteiger partial charge in [0.1, 0.15) is 23.0 Å². The highest BCUT2D eigenvalue weighted by Gasteiger charge is 2.15. The van der Waals surface area contributed by atoms with E-state index in [1.54, 1.807) is 6.07 Å². The highest BCUT2D eigenvalue weighted by atomic mass is 35.5. The van der Waals surface area contributed by atoms with Crippen molar-refractivity contribution in [3.8, 4) is 5.75 Å². The summed E-state index contributed by atoms with van der Waals surface area (Å²) in [6, 6.07) is 7.50. The minimum absolute atomic E-state index is 0.182. The van der Waals surface area contributed by atoms with E-state index < -0.39 is 0 Å². The molecule has 7 heteroatoms. The van der Waals surface area contributed by atoms with Crippen LogP contribution >= 0.6 is 34.8 Å². The Bertz CT molecular complexity index is 1050. The van der Waals surface area contributed by atoms with E-state index in [9.17, 15) is 0 Å². The summed E-state index contributed by atoms with van der Waals surface area (Å²) in [5.41, 5.74) is 3.02. The first kappa shape index (κ1) is 20.5. The Balaban J connectivity index is 2.07. The summed E-state index contributed by atoms with van der Waals surface area (Å²) in [6.45, 7) is 8.10. The monoisotopic (exact) mass is 433 g/mol. The third kappa shape index (κ3) is 4.25. The fraction of sp³-hybridized carbons (Fsp3) is 0.143. The van der Waals surface area contributed by atoms with E-state index >= 15 is 0 Å². The summed E-state index contributed by atoms with van der Waals surface area (Å²) < 4.78 is 6.00. The number of para-hydroxylation sites is 1. The molecular weight excluding hydrogens is 417 g/mol. The van der Waals surface area contributed by atoms with Gasteiger partial charge in [-0.15, -0.1) is 0 Å². The molecule has 0 N–H and O–H groups in total. The van der Waals surface area contributed by atoms with Crippen LogP contribution in [0.3, 0.4) is 0 Å². The molecule has 0 saturated heterocycles. The van der Waals surface area contributed by atoms with Crippen LogP contribution in [-0.4, -0.2) is 9.97 Å². The molecule has 3 rings (SSSR count). The van der Waals surface area contributed by atoms with Crippen LogP contribution in [0.1, 0.15) is 19.4 Å². The third-order valence-electron chi connectivity index (χ3n) is 4.04. The number of allylic oxidation sites excluding steroid dienone is 2. The second-order valence-corrected chi connectivity index (χ2v) is 7.28. The van der Waals surface area contributed by atoms with Crippen molar-refractivity contribution >= 4 is 51.4 Å². The number of halogens is 3. The molecule has 0 aliphatic rings. The Labute approximate surface area is 179 Å². The molecular formula is C21H18Cl3N3O. The van der Waals surface area contributed by atoms with Gasteiger partial charge in [0.05, 0.1) is 15.7 Å². The van der Waals surface area contributed by atoms with Crippen LogP contribution in [0.2, 0.25) is 15.2 Å². The Kier molecular flexibility index (Phi) is 6.45. The minimum atomic E-state index is 0.182. The van der Waals surface area contributed by atoms with Gasteiger partial charge >= 0.3 is 0 Å².